The molecule has 20 heavy (non-hydrogen) atoms. The Kier molecular flexibility index (Phi) is 4.16. The smallest absolute Gasteiger partial charge is 0.0353 e. The molecule has 0 aromatic heterocycles. The molecule has 1 saturated carbocycles. The van der Waals surface area contributed by atoms with Gasteiger partial charge in [-0.2, -0.15) is 0 Å². The maximum absolute atomic E-state index is 3.91. The van der Waals surface area contributed by atoms with Crippen LogP contribution in [0.1, 0.15) is 81.5 Å². The molecule has 2 aliphatic rings. The van der Waals surface area contributed by atoms with Crippen LogP contribution >= 0.6 is 0 Å². The first kappa shape index (κ1) is 14.1. The molecule has 110 valence electrons. The number of rotatable bonds is 2. The van der Waals surface area contributed by atoms with Crippen LogP contribution in [0.25, 0.3) is 0 Å². The van der Waals surface area contributed by atoms with Crippen molar-refractivity contribution in [3.8, 4) is 0 Å². The van der Waals surface area contributed by atoms with E-state index in [1.807, 2.05) is 0 Å². The predicted molar refractivity (Wildman–Crippen MR) is 86.1 cm³/mol. The average molecular weight is 271 g/mol. The number of hydrogen-bond acceptors (Lipinski definition) is 1. The van der Waals surface area contributed by atoms with Crippen molar-refractivity contribution in [1.82, 2.24) is 5.32 Å². The van der Waals surface area contributed by atoms with Crippen molar-refractivity contribution in [2.24, 2.45) is 5.92 Å². The molecule has 1 aliphatic carbocycles. The first-order valence-electron chi connectivity index (χ1n) is 8.54. The summed E-state index contributed by atoms with van der Waals surface area (Å²) in [6.45, 7) is 6.95. The molecule has 1 heterocycles. The number of fused-ring (bicyclic) bond motifs is 1. The third kappa shape index (κ3) is 2.79. The highest BCUT2D eigenvalue weighted by atomic mass is 15.0. The fourth-order valence-electron chi connectivity index (χ4n) is 4.09. The van der Waals surface area contributed by atoms with Crippen molar-refractivity contribution in [1.29, 1.82) is 0 Å². The molecule has 1 fully saturated rings. The molecule has 1 aromatic carbocycles. The molecule has 1 aromatic rings. The zero-order valence-electron chi connectivity index (χ0n) is 13.3. The van der Waals surface area contributed by atoms with Gasteiger partial charge in [0.05, 0.1) is 0 Å². The van der Waals surface area contributed by atoms with Gasteiger partial charge in [-0.15, -0.1) is 0 Å². The van der Waals surface area contributed by atoms with E-state index in [1.54, 1.807) is 11.1 Å². The van der Waals surface area contributed by atoms with Gasteiger partial charge in [0.25, 0.3) is 0 Å². The molecule has 1 nitrogen and oxygen atoms in total. The molecule has 2 unspecified atom stereocenters. The van der Waals surface area contributed by atoms with Crippen LogP contribution in [0, 0.1) is 5.92 Å². The number of benzene rings is 1. The van der Waals surface area contributed by atoms with Crippen LogP contribution in [0.4, 0.5) is 0 Å². The second kappa shape index (κ2) is 5.89. The summed E-state index contributed by atoms with van der Waals surface area (Å²) in [5.74, 6) is 1.49. The Balaban J connectivity index is 1.93. The summed E-state index contributed by atoms with van der Waals surface area (Å²) < 4.78 is 0. The van der Waals surface area contributed by atoms with Gasteiger partial charge in [-0.1, -0.05) is 51.3 Å². The van der Waals surface area contributed by atoms with Crippen LogP contribution in [-0.2, 0) is 6.42 Å². The zero-order valence-corrected chi connectivity index (χ0v) is 13.3. The summed E-state index contributed by atoms with van der Waals surface area (Å²) in [7, 11) is 0. The highest BCUT2D eigenvalue weighted by molar-refractivity contribution is 5.38. The Bertz CT molecular complexity index is 457. The summed E-state index contributed by atoms with van der Waals surface area (Å²) in [5, 5.41) is 3.91. The average Bonchev–Trinajstić information content (AvgIpc) is 2.46. The molecule has 1 aliphatic heterocycles. The minimum Gasteiger partial charge on any atom is -0.307 e. The standard InChI is InChI=1S/C19H29N/c1-13(2)16-9-10-17-11-14(3)20-19(18(17)12-16)15-7-5-4-6-8-15/h9-10,12-15,19-20H,4-8,11H2,1-3H3. The zero-order chi connectivity index (χ0) is 14.1. The molecule has 0 saturated heterocycles. The van der Waals surface area contributed by atoms with Gasteiger partial charge in [-0.25, -0.2) is 0 Å². The van der Waals surface area contributed by atoms with Gasteiger partial charge in [0.15, 0.2) is 0 Å². The molecule has 2 atom stereocenters. The maximum Gasteiger partial charge on any atom is 0.0353 e. The van der Waals surface area contributed by atoms with Crippen molar-refractivity contribution in [2.75, 3.05) is 0 Å². The molecule has 0 amide bonds. The lowest BCUT2D eigenvalue weighted by molar-refractivity contribution is 0.245. The largest absolute Gasteiger partial charge is 0.307 e. The topological polar surface area (TPSA) is 12.0 Å². The Hall–Kier alpha value is -0.820. The molecule has 0 spiro atoms. The highest BCUT2D eigenvalue weighted by Crippen LogP contribution is 2.39. The van der Waals surface area contributed by atoms with Crippen LogP contribution in [-0.4, -0.2) is 6.04 Å². The monoisotopic (exact) mass is 271 g/mol. The second-order valence-electron chi connectivity index (χ2n) is 7.26. The van der Waals surface area contributed by atoms with Gasteiger partial charge in [0.1, 0.15) is 0 Å². The lowest BCUT2D eigenvalue weighted by Crippen LogP contribution is -2.41. The summed E-state index contributed by atoms with van der Waals surface area (Å²) >= 11 is 0. The molecular weight excluding hydrogens is 242 g/mol. The van der Waals surface area contributed by atoms with Crippen molar-refractivity contribution in [3.63, 3.8) is 0 Å². The van der Waals surface area contributed by atoms with E-state index in [9.17, 15) is 0 Å². The SMILES string of the molecule is CC1Cc2ccc(C(C)C)cc2C(C2CCCCC2)N1. The summed E-state index contributed by atoms with van der Waals surface area (Å²) in [6, 6.07) is 8.47. The quantitative estimate of drug-likeness (QED) is 0.801. The molecular formula is C19H29N. The van der Waals surface area contributed by atoms with Crippen LogP contribution in [0.2, 0.25) is 0 Å². The van der Waals surface area contributed by atoms with Gasteiger partial charge < -0.3 is 5.32 Å². The van der Waals surface area contributed by atoms with Gasteiger partial charge in [-0.05, 0) is 54.7 Å². The minimum atomic E-state index is 0.604. The molecule has 0 radical (unpaired) electrons. The second-order valence-corrected chi connectivity index (χ2v) is 7.26. The van der Waals surface area contributed by atoms with Crippen LogP contribution < -0.4 is 5.32 Å². The van der Waals surface area contributed by atoms with Gasteiger partial charge in [0, 0.05) is 12.1 Å². The molecule has 0 bridgehead atoms. The van der Waals surface area contributed by atoms with Crippen molar-refractivity contribution in [3.05, 3.63) is 34.9 Å². The maximum atomic E-state index is 3.91. The Morgan fingerprint density at radius 2 is 1.85 bits per heavy atom. The van der Waals surface area contributed by atoms with E-state index in [0.29, 0.717) is 18.0 Å². The normalized spacial score (nSPS) is 27.6. The summed E-state index contributed by atoms with van der Waals surface area (Å²) in [5.41, 5.74) is 4.71. The van der Waals surface area contributed by atoms with E-state index >= 15 is 0 Å². The van der Waals surface area contributed by atoms with Gasteiger partial charge >= 0.3 is 0 Å². The van der Waals surface area contributed by atoms with E-state index in [4.69, 9.17) is 0 Å². The fraction of sp³-hybridized carbons (Fsp3) is 0.684. The number of hydrogen-bond donors (Lipinski definition) is 1. The van der Waals surface area contributed by atoms with Crippen LogP contribution in [0.15, 0.2) is 18.2 Å². The van der Waals surface area contributed by atoms with Crippen LogP contribution in [0.5, 0.6) is 0 Å². The summed E-state index contributed by atoms with van der Waals surface area (Å²) in [4.78, 5) is 0. The molecule has 3 rings (SSSR count). The Morgan fingerprint density at radius 1 is 1.10 bits per heavy atom. The lowest BCUT2D eigenvalue weighted by atomic mass is 9.76. The number of nitrogens with one attached hydrogen (secondary N) is 1. The van der Waals surface area contributed by atoms with Crippen molar-refractivity contribution >= 4 is 0 Å². The van der Waals surface area contributed by atoms with E-state index < -0.39 is 0 Å². The van der Waals surface area contributed by atoms with Crippen molar-refractivity contribution < 1.29 is 0 Å². The Labute approximate surface area is 124 Å². The van der Waals surface area contributed by atoms with E-state index in [-0.39, 0.29) is 0 Å². The van der Waals surface area contributed by atoms with Gasteiger partial charge in [-0.3, -0.25) is 0 Å². The van der Waals surface area contributed by atoms with E-state index in [1.165, 1.54) is 44.1 Å². The predicted octanol–water partition coefficient (Wildman–Crippen LogP) is 4.97. The van der Waals surface area contributed by atoms with Crippen molar-refractivity contribution in [2.45, 2.75) is 77.3 Å². The first-order valence-corrected chi connectivity index (χ1v) is 8.54. The molecule has 1 heteroatoms. The van der Waals surface area contributed by atoms with E-state index in [2.05, 4.69) is 44.3 Å². The highest BCUT2D eigenvalue weighted by Gasteiger charge is 2.31. The van der Waals surface area contributed by atoms with E-state index in [0.717, 1.165) is 5.92 Å². The van der Waals surface area contributed by atoms with Crippen LogP contribution in [0.3, 0.4) is 0 Å². The lowest BCUT2D eigenvalue weighted by Gasteiger charge is -2.38. The fourth-order valence-corrected chi connectivity index (χ4v) is 4.09. The molecule has 1 N–H and O–H groups in total. The Morgan fingerprint density at radius 3 is 2.55 bits per heavy atom. The summed E-state index contributed by atoms with van der Waals surface area (Å²) in [6.07, 6.45) is 8.31. The minimum absolute atomic E-state index is 0.604. The van der Waals surface area contributed by atoms with Gasteiger partial charge in [0.2, 0.25) is 0 Å². The third-order valence-electron chi connectivity index (χ3n) is 5.28. The first-order chi connectivity index (χ1) is 9.65. The third-order valence-corrected chi connectivity index (χ3v) is 5.28.